The zero-order valence-electron chi connectivity index (χ0n) is 12.9. The van der Waals surface area contributed by atoms with Crippen molar-refractivity contribution in [1.29, 1.82) is 0 Å². The summed E-state index contributed by atoms with van der Waals surface area (Å²) >= 11 is 1.54. The molecule has 2 aromatic heterocycles. The number of aromatic nitrogens is 5. The Hall–Kier alpha value is -1.96. The fourth-order valence-electron chi connectivity index (χ4n) is 2.73. The van der Waals surface area contributed by atoms with E-state index in [-0.39, 0.29) is 5.91 Å². The topological polar surface area (TPSA) is 85.6 Å². The summed E-state index contributed by atoms with van der Waals surface area (Å²) in [5.74, 6) is 1.95. The molecule has 1 aliphatic rings. The van der Waals surface area contributed by atoms with Crippen molar-refractivity contribution in [2.45, 2.75) is 44.0 Å². The van der Waals surface area contributed by atoms with Crippen LogP contribution in [0, 0.1) is 0 Å². The zero-order valence-corrected chi connectivity index (χ0v) is 13.7. The number of thioether (sulfide) groups is 1. The number of amides is 1. The van der Waals surface area contributed by atoms with E-state index in [1.807, 2.05) is 16.8 Å². The highest BCUT2D eigenvalue weighted by Gasteiger charge is 2.21. The van der Waals surface area contributed by atoms with Crippen LogP contribution in [0.1, 0.15) is 43.1 Å². The second-order valence-electron chi connectivity index (χ2n) is 5.60. The smallest absolute Gasteiger partial charge is 0.230 e. The molecule has 1 aliphatic carbocycles. The highest BCUT2D eigenvalue weighted by Crippen LogP contribution is 2.29. The Morgan fingerprint density at radius 2 is 2.09 bits per heavy atom. The predicted molar refractivity (Wildman–Crippen MR) is 87.6 cm³/mol. The molecule has 0 radical (unpaired) electrons. The van der Waals surface area contributed by atoms with Gasteiger partial charge in [0.2, 0.25) is 5.91 Å². The SMILES string of the molecule is O=C(CSCc1nnnn1C1CCCC1)NCc1ccncc1. The Bertz CT molecular complexity index is 626. The Labute approximate surface area is 139 Å². The first kappa shape index (κ1) is 15.9. The maximum absolute atomic E-state index is 11.9. The molecule has 122 valence electrons. The van der Waals surface area contributed by atoms with Crippen LogP contribution in [0.2, 0.25) is 0 Å². The fraction of sp³-hybridized carbons (Fsp3) is 0.533. The van der Waals surface area contributed by atoms with Crippen LogP contribution in [0.4, 0.5) is 0 Å². The van der Waals surface area contributed by atoms with Gasteiger partial charge in [-0.05, 0) is 41.0 Å². The van der Waals surface area contributed by atoms with Crippen LogP contribution in [0.3, 0.4) is 0 Å². The van der Waals surface area contributed by atoms with Crippen LogP contribution >= 0.6 is 11.8 Å². The van der Waals surface area contributed by atoms with E-state index in [1.54, 1.807) is 12.4 Å². The molecule has 8 heteroatoms. The van der Waals surface area contributed by atoms with Crippen molar-refractivity contribution in [2.75, 3.05) is 5.75 Å². The van der Waals surface area contributed by atoms with Gasteiger partial charge in [-0.1, -0.05) is 12.8 Å². The lowest BCUT2D eigenvalue weighted by Crippen LogP contribution is -2.24. The van der Waals surface area contributed by atoms with Crippen LogP contribution in [-0.4, -0.2) is 36.9 Å². The lowest BCUT2D eigenvalue weighted by Gasteiger charge is -2.11. The summed E-state index contributed by atoms with van der Waals surface area (Å²) in [6, 6.07) is 4.22. The van der Waals surface area contributed by atoms with E-state index < -0.39 is 0 Å². The van der Waals surface area contributed by atoms with Gasteiger partial charge in [-0.15, -0.1) is 16.9 Å². The number of nitrogens with zero attached hydrogens (tertiary/aromatic N) is 5. The zero-order chi connectivity index (χ0) is 15.9. The van der Waals surface area contributed by atoms with Crippen molar-refractivity contribution in [2.24, 2.45) is 0 Å². The molecule has 1 N–H and O–H groups in total. The second-order valence-corrected chi connectivity index (χ2v) is 6.59. The molecule has 1 fully saturated rings. The Kier molecular flexibility index (Phi) is 5.57. The summed E-state index contributed by atoms with van der Waals surface area (Å²) in [6.07, 6.45) is 8.23. The van der Waals surface area contributed by atoms with Gasteiger partial charge >= 0.3 is 0 Å². The number of hydrogen-bond donors (Lipinski definition) is 1. The number of pyridine rings is 1. The minimum absolute atomic E-state index is 0.0201. The average molecular weight is 332 g/mol. The van der Waals surface area contributed by atoms with Gasteiger partial charge in [0.05, 0.1) is 17.5 Å². The number of nitrogens with one attached hydrogen (secondary N) is 1. The van der Waals surface area contributed by atoms with Gasteiger partial charge in [0.25, 0.3) is 0 Å². The Morgan fingerprint density at radius 1 is 1.30 bits per heavy atom. The standard InChI is InChI=1S/C15H20N6OS/c22-15(17-9-12-5-7-16-8-6-12)11-23-10-14-18-19-20-21(14)13-3-1-2-4-13/h5-8,13H,1-4,9-11H2,(H,17,22). The molecule has 0 spiro atoms. The van der Waals surface area contributed by atoms with Crippen LogP contribution in [0.15, 0.2) is 24.5 Å². The van der Waals surface area contributed by atoms with Crippen molar-refractivity contribution < 1.29 is 4.79 Å². The van der Waals surface area contributed by atoms with Crippen LogP contribution in [-0.2, 0) is 17.1 Å². The summed E-state index contributed by atoms with van der Waals surface area (Å²) in [7, 11) is 0. The van der Waals surface area contributed by atoms with E-state index in [1.165, 1.54) is 24.6 Å². The van der Waals surface area contributed by atoms with Crippen molar-refractivity contribution in [1.82, 2.24) is 30.5 Å². The summed E-state index contributed by atoms with van der Waals surface area (Å²) in [5.41, 5.74) is 1.04. The maximum atomic E-state index is 11.9. The molecule has 0 saturated heterocycles. The summed E-state index contributed by atoms with van der Waals surface area (Å²) in [5, 5.41) is 14.9. The summed E-state index contributed by atoms with van der Waals surface area (Å²) in [6.45, 7) is 0.529. The van der Waals surface area contributed by atoms with Crippen LogP contribution < -0.4 is 5.32 Å². The minimum Gasteiger partial charge on any atom is -0.351 e. The Morgan fingerprint density at radius 3 is 2.87 bits per heavy atom. The van der Waals surface area contributed by atoms with Gasteiger partial charge in [-0.2, -0.15) is 0 Å². The van der Waals surface area contributed by atoms with E-state index in [0.717, 1.165) is 24.2 Å². The number of carbonyl (C=O) groups excluding carboxylic acids is 1. The van der Waals surface area contributed by atoms with Gasteiger partial charge in [-0.3, -0.25) is 9.78 Å². The molecule has 1 saturated carbocycles. The molecule has 23 heavy (non-hydrogen) atoms. The third-order valence-corrected chi connectivity index (χ3v) is 4.86. The average Bonchev–Trinajstić information content (AvgIpc) is 3.25. The van der Waals surface area contributed by atoms with E-state index in [4.69, 9.17) is 0 Å². The van der Waals surface area contributed by atoms with Crippen molar-refractivity contribution in [3.8, 4) is 0 Å². The highest BCUT2D eigenvalue weighted by atomic mass is 32.2. The van der Waals surface area contributed by atoms with Crippen molar-refractivity contribution in [3.05, 3.63) is 35.9 Å². The predicted octanol–water partition coefficient (Wildman–Crippen LogP) is 1.73. The van der Waals surface area contributed by atoms with Gasteiger partial charge in [0.15, 0.2) is 5.82 Å². The first-order valence-corrected chi connectivity index (χ1v) is 8.98. The lowest BCUT2D eigenvalue weighted by atomic mass is 10.2. The van der Waals surface area contributed by atoms with Gasteiger partial charge in [-0.25, -0.2) is 4.68 Å². The van der Waals surface area contributed by atoms with E-state index in [0.29, 0.717) is 24.1 Å². The van der Waals surface area contributed by atoms with E-state index >= 15 is 0 Å². The maximum Gasteiger partial charge on any atom is 0.230 e. The molecular formula is C15H20N6OS. The molecule has 7 nitrogen and oxygen atoms in total. The van der Waals surface area contributed by atoms with Crippen LogP contribution in [0.25, 0.3) is 0 Å². The van der Waals surface area contributed by atoms with Crippen LogP contribution in [0.5, 0.6) is 0 Å². The Balaban J connectivity index is 1.41. The van der Waals surface area contributed by atoms with E-state index in [2.05, 4.69) is 25.8 Å². The number of tetrazole rings is 1. The van der Waals surface area contributed by atoms with Crippen molar-refractivity contribution >= 4 is 17.7 Å². The number of rotatable bonds is 7. The van der Waals surface area contributed by atoms with Gasteiger partial charge < -0.3 is 5.32 Å². The molecule has 2 aromatic rings. The van der Waals surface area contributed by atoms with Crippen molar-refractivity contribution in [3.63, 3.8) is 0 Å². The quantitative estimate of drug-likeness (QED) is 0.831. The molecule has 0 bridgehead atoms. The molecular weight excluding hydrogens is 312 g/mol. The molecule has 0 aliphatic heterocycles. The third-order valence-electron chi connectivity index (χ3n) is 3.93. The second kappa shape index (κ2) is 8.05. The summed E-state index contributed by atoms with van der Waals surface area (Å²) < 4.78 is 1.94. The molecule has 2 heterocycles. The van der Waals surface area contributed by atoms with E-state index in [9.17, 15) is 4.79 Å². The molecule has 1 amide bonds. The first-order valence-electron chi connectivity index (χ1n) is 7.83. The third kappa shape index (κ3) is 4.51. The monoisotopic (exact) mass is 332 g/mol. The van der Waals surface area contributed by atoms with Gasteiger partial charge in [0, 0.05) is 18.9 Å². The lowest BCUT2D eigenvalue weighted by molar-refractivity contribution is -0.118. The molecule has 3 rings (SSSR count). The fourth-order valence-corrected chi connectivity index (χ4v) is 3.49. The summed E-state index contributed by atoms with van der Waals surface area (Å²) in [4.78, 5) is 15.8. The number of carbonyl (C=O) groups is 1. The van der Waals surface area contributed by atoms with Gasteiger partial charge in [0.1, 0.15) is 0 Å². The molecule has 0 aromatic carbocycles. The minimum atomic E-state index is 0.0201. The normalized spacial score (nSPS) is 15.0. The largest absolute Gasteiger partial charge is 0.351 e. The number of hydrogen-bond acceptors (Lipinski definition) is 6. The molecule has 0 atom stereocenters. The molecule has 0 unspecified atom stereocenters. The highest BCUT2D eigenvalue weighted by molar-refractivity contribution is 7.99. The first-order chi connectivity index (χ1) is 11.3.